The van der Waals surface area contributed by atoms with E-state index >= 15 is 0 Å². The molecule has 0 saturated carbocycles. The number of hydrogen-bond acceptors (Lipinski definition) is 4. The summed E-state index contributed by atoms with van der Waals surface area (Å²) in [5, 5.41) is 19.1. The Morgan fingerprint density at radius 3 is 2.52 bits per heavy atom. The maximum absolute atomic E-state index is 12.6. The van der Waals surface area contributed by atoms with E-state index in [-0.39, 0.29) is 17.1 Å². The molecule has 0 atom stereocenters. The number of carbonyl (C=O) groups is 1. The van der Waals surface area contributed by atoms with E-state index in [4.69, 9.17) is 4.74 Å². The zero-order chi connectivity index (χ0) is 18.2. The van der Waals surface area contributed by atoms with Gasteiger partial charge in [0.15, 0.2) is 11.5 Å². The van der Waals surface area contributed by atoms with Crippen molar-refractivity contribution in [3.63, 3.8) is 0 Å². The van der Waals surface area contributed by atoms with Crippen molar-refractivity contribution in [3.8, 4) is 17.6 Å². The number of hydrogen-bond donors (Lipinski definition) is 1. The predicted molar refractivity (Wildman–Crippen MR) is 97.6 cm³/mol. The summed E-state index contributed by atoms with van der Waals surface area (Å²) < 4.78 is 5.33. The summed E-state index contributed by atoms with van der Waals surface area (Å²) in [5.74, 6) is 0.0248. The third-order valence-corrected chi connectivity index (χ3v) is 3.71. The van der Waals surface area contributed by atoms with Crippen LogP contribution in [0.15, 0.2) is 48.0 Å². The fraction of sp³-hybridized carbons (Fsp3) is 0.238. The van der Waals surface area contributed by atoms with Gasteiger partial charge in [0.05, 0.1) is 6.61 Å². The molecule has 128 valence electrons. The highest BCUT2D eigenvalue weighted by molar-refractivity contribution is 6.14. The first kappa shape index (κ1) is 18.3. The molecule has 0 radical (unpaired) electrons. The summed E-state index contributed by atoms with van der Waals surface area (Å²) in [7, 11) is 0. The van der Waals surface area contributed by atoms with Crippen LogP contribution in [-0.2, 0) is 6.42 Å². The number of aromatic hydroxyl groups is 1. The van der Waals surface area contributed by atoms with Crippen molar-refractivity contribution in [1.82, 2.24) is 0 Å². The lowest BCUT2D eigenvalue weighted by molar-refractivity contribution is 0.104. The predicted octanol–water partition coefficient (Wildman–Crippen LogP) is 4.53. The second-order valence-electron chi connectivity index (χ2n) is 5.61. The lowest BCUT2D eigenvalue weighted by Gasteiger charge is -2.07. The Morgan fingerprint density at radius 1 is 1.20 bits per heavy atom. The molecular formula is C21H21NO3. The summed E-state index contributed by atoms with van der Waals surface area (Å²) in [5.41, 5.74) is 2.31. The van der Waals surface area contributed by atoms with Gasteiger partial charge in [-0.3, -0.25) is 4.79 Å². The van der Waals surface area contributed by atoms with Crippen LogP contribution in [-0.4, -0.2) is 17.5 Å². The van der Waals surface area contributed by atoms with Gasteiger partial charge in [0.25, 0.3) is 0 Å². The minimum atomic E-state index is -0.323. The molecule has 0 unspecified atom stereocenters. The number of phenolic OH excluding ortho intramolecular Hbond substituents is 1. The molecule has 25 heavy (non-hydrogen) atoms. The van der Waals surface area contributed by atoms with Gasteiger partial charge in [-0.2, -0.15) is 5.26 Å². The van der Waals surface area contributed by atoms with Crippen molar-refractivity contribution < 1.29 is 14.6 Å². The van der Waals surface area contributed by atoms with E-state index in [1.165, 1.54) is 17.7 Å². The van der Waals surface area contributed by atoms with E-state index in [0.29, 0.717) is 23.5 Å². The number of Topliss-reactive ketones (excluding diaryl/α,β-unsaturated/α-hetero) is 1. The fourth-order valence-corrected chi connectivity index (χ4v) is 2.47. The Labute approximate surface area is 148 Å². The average molecular weight is 335 g/mol. The van der Waals surface area contributed by atoms with Crippen LogP contribution >= 0.6 is 0 Å². The van der Waals surface area contributed by atoms with E-state index in [9.17, 15) is 15.2 Å². The van der Waals surface area contributed by atoms with E-state index in [0.717, 1.165) is 12.8 Å². The Hall–Kier alpha value is -3.06. The van der Waals surface area contributed by atoms with Gasteiger partial charge in [0.1, 0.15) is 11.6 Å². The molecule has 0 aliphatic carbocycles. The van der Waals surface area contributed by atoms with Crippen molar-refractivity contribution in [3.05, 3.63) is 64.7 Å². The van der Waals surface area contributed by atoms with Gasteiger partial charge in [-0.1, -0.05) is 43.7 Å². The van der Waals surface area contributed by atoms with Crippen LogP contribution in [0.5, 0.6) is 11.5 Å². The summed E-state index contributed by atoms with van der Waals surface area (Å²) in [6, 6.07) is 14.0. The molecule has 0 aliphatic rings. The van der Waals surface area contributed by atoms with Gasteiger partial charge < -0.3 is 9.84 Å². The van der Waals surface area contributed by atoms with Crippen molar-refractivity contribution >= 4 is 11.9 Å². The summed E-state index contributed by atoms with van der Waals surface area (Å²) in [4.78, 5) is 12.6. The molecule has 0 saturated heterocycles. The maximum Gasteiger partial charge on any atom is 0.203 e. The molecule has 4 nitrogen and oxygen atoms in total. The number of phenols is 1. The number of allylic oxidation sites excluding steroid dienone is 1. The molecule has 1 N–H and O–H groups in total. The summed E-state index contributed by atoms with van der Waals surface area (Å²) in [6.07, 6.45) is 3.51. The molecule has 0 amide bonds. The molecule has 0 spiro atoms. The highest BCUT2D eigenvalue weighted by Crippen LogP contribution is 2.28. The molecule has 0 fully saturated rings. The van der Waals surface area contributed by atoms with E-state index in [1.54, 1.807) is 24.3 Å². The number of rotatable bonds is 7. The first-order valence-electron chi connectivity index (χ1n) is 8.30. The SMILES string of the molecule is CCCc1ccc(C(=O)/C(C#N)=C/c2ccc(O)c(OCC)c2)cc1. The third-order valence-electron chi connectivity index (χ3n) is 3.71. The number of ether oxygens (including phenoxy) is 1. The third kappa shape index (κ3) is 4.71. The Kier molecular flexibility index (Phi) is 6.36. The van der Waals surface area contributed by atoms with E-state index < -0.39 is 0 Å². The smallest absolute Gasteiger partial charge is 0.203 e. The zero-order valence-corrected chi connectivity index (χ0v) is 14.5. The second-order valence-corrected chi connectivity index (χ2v) is 5.61. The normalized spacial score (nSPS) is 11.0. The highest BCUT2D eigenvalue weighted by Gasteiger charge is 2.13. The van der Waals surface area contributed by atoms with Crippen LogP contribution in [0, 0.1) is 11.3 Å². The Morgan fingerprint density at radius 2 is 1.92 bits per heavy atom. The maximum atomic E-state index is 12.6. The molecule has 0 aliphatic heterocycles. The fourth-order valence-electron chi connectivity index (χ4n) is 2.47. The number of nitriles is 1. The van der Waals surface area contributed by atoms with Crippen molar-refractivity contribution in [2.45, 2.75) is 26.7 Å². The molecule has 2 aromatic carbocycles. The van der Waals surface area contributed by atoms with Gasteiger partial charge in [-0.25, -0.2) is 0 Å². The standard InChI is InChI=1S/C21H21NO3/c1-3-5-15-6-9-17(10-7-15)21(24)18(14-22)12-16-8-11-19(23)20(13-16)25-4-2/h6-13,23H,3-5H2,1-2H3/b18-12+. The first-order chi connectivity index (χ1) is 12.1. The van der Waals surface area contributed by atoms with Crippen LogP contribution in [0.3, 0.4) is 0 Å². The van der Waals surface area contributed by atoms with Crippen molar-refractivity contribution in [2.75, 3.05) is 6.61 Å². The lowest BCUT2D eigenvalue weighted by Crippen LogP contribution is -2.02. The minimum Gasteiger partial charge on any atom is -0.504 e. The van der Waals surface area contributed by atoms with Crippen LogP contribution < -0.4 is 4.74 Å². The number of nitrogens with zero attached hydrogens (tertiary/aromatic N) is 1. The number of aryl methyl sites for hydroxylation is 1. The summed E-state index contributed by atoms with van der Waals surface area (Å²) in [6.45, 7) is 4.33. The van der Waals surface area contributed by atoms with Gasteiger partial charge in [-0.15, -0.1) is 0 Å². The molecule has 0 heterocycles. The Bertz CT molecular complexity index is 814. The topological polar surface area (TPSA) is 70.3 Å². The van der Waals surface area contributed by atoms with Gasteiger partial charge in [0, 0.05) is 5.56 Å². The summed E-state index contributed by atoms with van der Waals surface area (Å²) >= 11 is 0. The van der Waals surface area contributed by atoms with Crippen LogP contribution in [0.2, 0.25) is 0 Å². The quantitative estimate of drug-likeness (QED) is 0.458. The number of ketones is 1. The van der Waals surface area contributed by atoms with Gasteiger partial charge in [-0.05, 0) is 42.7 Å². The Balaban J connectivity index is 2.29. The van der Waals surface area contributed by atoms with Gasteiger partial charge in [0.2, 0.25) is 5.78 Å². The molecular weight excluding hydrogens is 314 g/mol. The largest absolute Gasteiger partial charge is 0.504 e. The zero-order valence-electron chi connectivity index (χ0n) is 14.5. The second kappa shape index (κ2) is 8.70. The average Bonchev–Trinajstić information content (AvgIpc) is 2.63. The molecule has 2 aromatic rings. The number of carbonyl (C=O) groups excluding carboxylic acids is 1. The first-order valence-corrected chi connectivity index (χ1v) is 8.30. The minimum absolute atomic E-state index is 0.0235. The van der Waals surface area contributed by atoms with Gasteiger partial charge >= 0.3 is 0 Å². The lowest BCUT2D eigenvalue weighted by atomic mass is 10.00. The molecule has 2 rings (SSSR count). The van der Waals surface area contributed by atoms with Crippen molar-refractivity contribution in [1.29, 1.82) is 5.26 Å². The molecule has 0 bridgehead atoms. The van der Waals surface area contributed by atoms with E-state index in [1.807, 2.05) is 25.1 Å². The van der Waals surface area contributed by atoms with Crippen LogP contribution in [0.25, 0.3) is 6.08 Å². The molecule has 4 heteroatoms. The monoisotopic (exact) mass is 335 g/mol. The van der Waals surface area contributed by atoms with Crippen LogP contribution in [0.1, 0.15) is 41.8 Å². The van der Waals surface area contributed by atoms with E-state index in [2.05, 4.69) is 6.92 Å². The molecule has 0 aromatic heterocycles. The van der Waals surface area contributed by atoms with Crippen LogP contribution in [0.4, 0.5) is 0 Å². The van der Waals surface area contributed by atoms with Crippen molar-refractivity contribution in [2.24, 2.45) is 0 Å². The number of benzene rings is 2. The highest BCUT2D eigenvalue weighted by atomic mass is 16.5.